The van der Waals surface area contributed by atoms with Crippen molar-refractivity contribution in [1.29, 1.82) is 5.26 Å². The van der Waals surface area contributed by atoms with Gasteiger partial charge in [0.25, 0.3) is 0 Å². The van der Waals surface area contributed by atoms with E-state index in [2.05, 4.69) is 80.7 Å². The van der Waals surface area contributed by atoms with Crippen molar-refractivity contribution in [2.24, 2.45) is 0 Å². The molecule has 0 N–H and O–H groups in total. The van der Waals surface area contributed by atoms with Crippen molar-refractivity contribution >= 4 is 71.2 Å². The Kier molecular flexibility index (Phi) is 4.68. The Morgan fingerprint density at radius 1 is 0.558 bits per heavy atom. The predicted molar refractivity (Wildman–Crippen MR) is 173 cm³/mol. The number of hydrogen-bond donors (Lipinski definition) is 0. The number of nitriles is 1. The van der Waals surface area contributed by atoms with Crippen molar-refractivity contribution in [3.05, 3.63) is 138 Å². The van der Waals surface area contributed by atoms with Crippen LogP contribution < -0.4 is 0 Å². The minimum Gasteiger partial charge on any atom is -0.455 e. The SMILES string of the molecule is [C-]#[N+]c1cccc(-n2c3ccccc3c3c4oc5c(ccc6c5c5ccccc5n6-c5cccc(C#N)c5)c4ccc32)c1. The average Bonchev–Trinajstić information content (AvgIpc) is 3.72. The molecule has 0 atom stereocenters. The third-order valence-electron chi connectivity index (χ3n) is 8.53. The van der Waals surface area contributed by atoms with E-state index in [0.717, 1.165) is 76.9 Å². The molecule has 0 amide bonds. The molecule has 6 aromatic carbocycles. The second-order valence-corrected chi connectivity index (χ2v) is 10.8. The number of fused-ring (bicyclic) bond motifs is 11. The molecule has 0 spiro atoms. The molecule has 198 valence electrons. The molecule has 0 aliphatic carbocycles. The van der Waals surface area contributed by atoms with Crippen molar-refractivity contribution in [3.8, 4) is 17.4 Å². The van der Waals surface area contributed by atoms with E-state index in [0.29, 0.717) is 11.3 Å². The van der Waals surface area contributed by atoms with E-state index in [1.165, 1.54) is 0 Å². The van der Waals surface area contributed by atoms with Crippen LogP contribution in [0.1, 0.15) is 5.56 Å². The normalized spacial score (nSPS) is 11.7. The highest BCUT2D eigenvalue weighted by Gasteiger charge is 2.22. The Morgan fingerprint density at radius 2 is 1.12 bits per heavy atom. The highest BCUT2D eigenvalue weighted by molar-refractivity contribution is 6.28. The fourth-order valence-electron chi connectivity index (χ4n) is 6.77. The lowest BCUT2D eigenvalue weighted by Gasteiger charge is -2.08. The van der Waals surface area contributed by atoms with Gasteiger partial charge < -0.3 is 13.6 Å². The van der Waals surface area contributed by atoms with Crippen molar-refractivity contribution in [1.82, 2.24) is 9.13 Å². The van der Waals surface area contributed by atoms with Crippen LogP contribution in [-0.4, -0.2) is 9.13 Å². The van der Waals surface area contributed by atoms with Crippen molar-refractivity contribution in [2.75, 3.05) is 0 Å². The fourth-order valence-corrected chi connectivity index (χ4v) is 6.77. The molecule has 0 aliphatic rings. The van der Waals surface area contributed by atoms with E-state index in [9.17, 15) is 5.26 Å². The van der Waals surface area contributed by atoms with Gasteiger partial charge in [0.2, 0.25) is 0 Å². The molecule has 5 nitrogen and oxygen atoms in total. The number of hydrogen-bond acceptors (Lipinski definition) is 2. The molecule has 9 rings (SSSR count). The quantitative estimate of drug-likeness (QED) is 0.202. The Bertz CT molecular complexity index is 2520. The van der Waals surface area contributed by atoms with Gasteiger partial charge in [-0.25, -0.2) is 4.85 Å². The van der Waals surface area contributed by atoms with E-state index >= 15 is 0 Å². The molecule has 0 aliphatic heterocycles. The molecular formula is C38H20N4O. The first kappa shape index (κ1) is 23.4. The summed E-state index contributed by atoms with van der Waals surface area (Å²) in [6, 6.07) is 43.1. The first-order valence-electron chi connectivity index (χ1n) is 14.0. The zero-order chi connectivity index (χ0) is 28.7. The second kappa shape index (κ2) is 8.60. The van der Waals surface area contributed by atoms with Gasteiger partial charge in [-0.15, -0.1) is 0 Å². The Labute approximate surface area is 245 Å². The summed E-state index contributed by atoms with van der Waals surface area (Å²) in [5.74, 6) is 0. The zero-order valence-electron chi connectivity index (χ0n) is 22.7. The lowest BCUT2D eigenvalue weighted by molar-refractivity contribution is 0.677. The van der Waals surface area contributed by atoms with Crippen LogP contribution in [0.15, 0.2) is 126 Å². The monoisotopic (exact) mass is 548 g/mol. The largest absolute Gasteiger partial charge is 0.455 e. The number of para-hydroxylation sites is 2. The minimum atomic E-state index is 0.604. The van der Waals surface area contributed by atoms with E-state index in [4.69, 9.17) is 11.0 Å². The van der Waals surface area contributed by atoms with Crippen LogP contribution in [0.5, 0.6) is 0 Å². The lowest BCUT2D eigenvalue weighted by atomic mass is 10.1. The first-order chi connectivity index (χ1) is 21.2. The van der Waals surface area contributed by atoms with Crippen molar-refractivity contribution in [2.45, 2.75) is 0 Å². The van der Waals surface area contributed by atoms with Crippen LogP contribution >= 0.6 is 0 Å². The van der Waals surface area contributed by atoms with Gasteiger partial charge in [-0.1, -0.05) is 54.6 Å². The lowest BCUT2D eigenvalue weighted by Crippen LogP contribution is -1.94. The maximum atomic E-state index is 9.58. The smallest absolute Gasteiger partial charge is 0.189 e. The van der Waals surface area contributed by atoms with Gasteiger partial charge >= 0.3 is 0 Å². The average molecular weight is 549 g/mol. The van der Waals surface area contributed by atoms with Crippen LogP contribution in [0, 0.1) is 17.9 Å². The Balaban J connectivity index is 1.43. The summed E-state index contributed by atoms with van der Waals surface area (Å²) in [4.78, 5) is 3.67. The molecular weight excluding hydrogens is 528 g/mol. The molecule has 0 bridgehead atoms. The summed E-state index contributed by atoms with van der Waals surface area (Å²) in [6.07, 6.45) is 0. The van der Waals surface area contributed by atoms with Crippen LogP contribution in [0.4, 0.5) is 5.69 Å². The standard InChI is InChI=1S/C38H20N4O/c1-40-24-9-7-11-26(21-24)42-32-15-5-3-13-30(32)36-34(42)19-17-28-27-16-18-33-35(37(27)43-38(28)36)29-12-2-4-14-31(29)41(33)25-10-6-8-23(20-25)22-39/h2-21H. The van der Waals surface area contributed by atoms with Gasteiger partial charge in [-0.3, -0.25) is 0 Å². The fraction of sp³-hybridized carbons (Fsp3) is 0. The van der Waals surface area contributed by atoms with E-state index in [1.807, 2.05) is 60.7 Å². The van der Waals surface area contributed by atoms with E-state index in [-0.39, 0.29) is 0 Å². The van der Waals surface area contributed by atoms with Crippen LogP contribution in [0.3, 0.4) is 0 Å². The van der Waals surface area contributed by atoms with Crippen LogP contribution in [-0.2, 0) is 0 Å². The number of benzene rings is 6. The topological polar surface area (TPSA) is 51.1 Å². The van der Waals surface area contributed by atoms with Crippen molar-refractivity contribution < 1.29 is 4.42 Å². The number of furan rings is 1. The highest BCUT2D eigenvalue weighted by atomic mass is 16.3. The van der Waals surface area contributed by atoms with Gasteiger partial charge in [0, 0.05) is 32.9 Å². The van der Waals surface area contributed by atoms with Gasteiger partial charge in [-0.2, -0.15) is 5.26 Å². The first-order valence-corrected chi connectivity index (χ1v) is 14.0. The van der Waals surface area contributed by atoms with E-state index in [1.54, 1.807) is 0 Å². The highest BCUT2D eigenvalue weighted by Crippen LogP contribution is 2.44. The molecule has 0 unspecified atom stereocenters. The van der Waals surface area contributed by atoms with Crippen LogP contribution in [0.2, 0.25) is 0 Å². The zero-order valence-corrected chi connectivity index (χ0v) is 22.7. The molecule has 0 fully saturated rings. The molecule has 9 aromatic rings. The molecule has 0 saturated heterocycles. The van der Waals surface area contributed by atoms with Gasteiger partial charge in [0.15, 0.2) is 5.69 Å². The summed E-state index contributed by atoms with van der Waals surface area (Å²) < 4.78 is 11.4. The van der Waals surface area contributed by atoms with E-state index < -0.39 is 0 Å². The minimum absolute atomic E-state index is 0.604. The van der Waals surface area contributed by atoms with Crippen molar-refractivity contribution in [3.63, 3.8) is 0 Å². The third-order valence-corrected chi connectivity index (χ3v) is 8.53. The summed E-state index contributed by atoms with van der Waals surface area (Å²) in [5.41, 5.74) is 8.97. The number of aromatic nitrogens is 2. The Morgan fingerprint density at radius 3 is 1.70 bits per heavy atom. The van der Waals surface area contributed by atoms with Gasteiger partial charge in [0.05, 0.1) is 51.0 Å². The summed E-state index contributed by atoms with van der Waals surface area (Å²) in [5, 5.41) is 16.0. The van der Waals surface area contributed by atoms with Gasteiger partial charge in [-0.05, 0) is 66.7 Å². The molecule has 0 radical (unpaired) electrons. The maximum Gasteiger partial charge on any atom is 0.189 e. The number of nitrogens with zero attached hydrogens (tertiary/aromatic N) is 4. The molecule has 3 aromatic heterocycles. The number of rotatable bonds is 2. The summed E-state index contributed by atoms with van der Waals surface area (Å²) in [7, 11) is 0. The summed E-state index contributed by atoms with van der Waals surface area (Å²) in [6.45, 7) is 7.55. The predicted octanol–water partition coefficient (Wildman–Crippen LogP) is 10.2. The molecule has 43 heavy (non-hydrogen) atoms. The second-order valence-electron chi connectivity index (χ2n) is 10.8. The molecule has 5 heteroatoms. The molecule has 0 saturated carbocycles. The third kappa shape index (κ3) is 3.14. The van der Waals surface area contributed by atoms with Crippen LogP contribution in [0.25, 0.3) is 81.8 Å². The molecule has 3 heterocycles. The Hall–Kier alpha value is -6.30. The maximum absolute atomic E-state index is 9.58. The van der Waals surface area contributed by atoms with Gasteiger partial charge in [0.1, 0.15) is 11.2 Å². The summed E-state index contributed by atoms with van der Waals surface area (Å²) >= 11 is 0.